The largest absolute Gasteiger partial charge is 0.406 e. The number of likely N-dealkylation sites (tertiary alicyclic amines) is 1. The molecule has 2 aliphatic heterocycles. The van der Waals surface area contributed by atoms with Crippen LogP contribution in [0.15, 0.2) is 33.6 Å². The van der Waals surface area contributed by atoms with Crippen LogP contribution in [0.3, 0.4) is 0 Å². The first-order valence-electron chi connectivity index (χ1n) is 9.42. The van der Waals surface area contributed by atoms with Crippen molar-refractivity contribution in [1.82, 2.24) is 19.4 Å². The van der Waals surface area contributed by atoms with Crippen LogP contribution in [0.5, 0.6) is 0 Å². The molecule has 0 bridgehead atoms. The van der Waals surface area contributed by atoms with Gasteiger partial charge in [-0.1, -0.05) is 5.10 Å². The van der Waals surface area contributed by atoms with Crippen molar-refractivity contribution < 1.29 is 27.2 Å². The summed E-state index contributed by atoms with van der Waals surface area (Å²) >= 11 is 0. The van der Waals surface area contributed by atoms with Gasteiger partial charge in [-0.3, -0.25) is 24.6 Å². The number of sulfonamides is 1. The van der Waals surface area contributed by atoms with E-state index in [0.29, 0.717) is 13.1 Å². The Hall–Kier alpha value is -3.12. The van der Waals surface area contributed by atoms with Crippen molar-refractivity contribution in [3.63, 3.8) is 0 Å². The van der Waals surface area contributed by atoms with Crippen LogP contribution in [0, 0.1) is 0 Å². The first kappa shape index (κ1) is 20.2. The lowest BCUT2D eigenvalue weighted by atomic mass is 10.2. The van der Waals surface area contributed by atoms with Crippen molar-refractivity contribution in [1.29, 1.82) is 0 Å². The summed E-state index contributed by atoms with van der Waals surface area (Å²) < 4.78 is 31.8. The molecule has 30 heavy (non-hydrogen) atoms. The highest BCUT2D eigenvalue weighted by molar-refractivity contribution is 7.89. The van der Waals surface area contributed by atoms with Gasteiger partial charge in [0.15, 0.2) is 0 Å². The standard InChI is InChI=1S/C18H19N5O6S/c24-15-7-8-16(25)23(15)11-14-20-21-18(29-14)19-17(26)12-3-5-13(6-4-12)30(27,28)22-9-1-2-10-22/h3-6H,1-2,7-11H2,(H,19,21,26). The zero-order valence-electron chi connectivity index (χ0n) is 15.9. The Morgan fingerprint density at radius 1 is 1.03 bits per heavy atom. The second-order valence-electron chi connectivity index (χ2n) is 6.96. The molecule has 0 aliphatic carbocycles. The second-order valence-corrected chi connectivity index (χ2v) is 8.90. The van der Waals surface area contributed by atoms with Crippen LogP contribution in [0.2, 0.25) is 0 Å². The van der Waals surface area contributed by atoms with Gasteiger partial charge in [0.2, 0.25) is 27.7 Å². The third-order valence-corrected chi connectivity index (χ3v) is 6.87. The van der Waals surface area contributed by atoms with Crippen molar-refractivity contribution in [2.75, 3.05) is 18.4 Å². The number of benzene rings is 1. The van der Waals surface area contributed by atoms with Gasteiger partial charge >= 0.3 is 6.01 Å². The van der Waals surface area contributed by atoms with Crippen molar-refractivity contribution in [3.05, 3.63) is 35.7 Å². The second kappa shape index (κ2) is 7.95. The van der Waals surface area contributed by atoms with E-state index in [1.807, 2.05) is 0 Å². The third-order valence-electron chi connectivity index (χ3n) is 4.95. The van der Waals surface area contributed by atoms with Gasteiger partial charge in [0.1, 0.15) is 6.54 Å². The fourth-order valence-corrected chi connectivity index (χ4v) is 4.84. The molecule has 1 aromatic carbocycles. The molecule has 4 rings (SSSR count). The minimum atomic E-state index is -3.56. The highest BCUT2D eigenvalue weighted by Gasteiger charge is 2.30. The lowest BCUT2D eigenvalue weighted by molar-refractivity contribution is -0.139. The van der Waals surface area contributed by atoms with Crippen LogP contribution in [0.1, 0.15) is 41.9 Å². The molecular weight excluding hydrogens is 414 g/mol. The van der Waals surface area contributed by atoms with Crippen LogP contribution in [-0.4, -0.2) is 58.6 Å². The number of anilines is 1. The smallest absolute Gasteiger partial charge is 0.322 e. The Kier molecular flexibility index (Phi) is 5.35. The van der Waals surface area contributed by atoms with E-state index in [-0.39, 0.29) is 53.6 Å². The molecule has 11 nitrogen and oxygen atoms in total. The Morgan fingerprint density at radius 2 is 1.67 bits per heavy atom. The minimum absolute atomic E-state index is 0.0148. The number of imide groups is 1. The maximum absolute atomic E-state index is 12.5. The van der Waals surface area contributed by atoms with Crippen molar-refractivity contribution in [2.24, 2.45) is 0 Å². The average Bonchev–Trinajstić information content (AvgIpc) is 3.48. The van der Waals surface area contributed by atoms with Crippen molar-refractivity contribution in [3.8, 4) is 0 Å². The summed E-state index contributed by atoms with van der Waals surface area (Å²) in [5.74, 6) is -1.18. The molecule has 158 valence electrons. The number of rotatable bonds is 6. The molecule has 2 aliphatic rings. The Morgan fingerprint density at radius 3 is 2.30 bits per heavy atom. The van der Waals surface area contributed by atoms with Gasteiger partial charge in [0.05, 0.1) is 4.90 Å². The van der Waals surface area contributed by atoms with Gasteiger partial charge in [-0.05, 0) is 37.1 Å². The van der Waals surface area contributed by atoms with Gasteiger partial charge in [0, 0.05) is 31.5 Å². The fraction of sp³-hybridized carbons (Fsp3) is 0.389. The fourth-order valence-electron chi connectivity index (χ4n) is 3.33. The molecule has 0 atom stereocenters. The van der Waals surface area contributed by atoms with Crippen molar-refractivity contribution in [2.45, 2.75) is 37.1 Å². The SMILES string of the molecule is O=C(Nc1nnc(CN2C(=O)CCC2=O)o1)c1ccc(S(=O)(=O)N2CCCC2)cc1. The molecule has 1 N–H and O–H groups in total. The topological polar surface area (TPSA) is 143 Å². The normalized spacial score (nSPS) is 17.7. The molecule has 0 unspecified atom stereocenters. The van der Waals surface area contributed by atoms with Crippen LogP contribution in [0.4, 0.5) is 6.01 Å². The first-order chi connectivity index (χ1) is 14.3. The van der Waals surface area contributed by atoms with Crippen LogP contribution >= 0.6 is 0 Å². The number of carbonyl (C=O) groups is 3. The predicted molar refractivity (Wildman–Crippen MR) is 101 cm³/mol. The van der Waals surface area contributed by atoms with E-state index in [4.69, 9.17) is 4.42 Å². The third kappa shape index (κ3) is 3.96. The molecule has 0 radical (unpaired) electrons. The summed E-state index contributed by atoms with van der Waals surface area (Å²) in [6.07, 6.45) is 1.98. The summed E-state index contributed by atoms with van der Waals surface area (Å²) in [5, 5.41) is 9.82. The summed E-state index contributed by atoms with van der Waals surface area (Å²) in [5.41, 5.74) is 0.208. The number of amides is 3. The molecule has 3 heterocycles. The van der Waals surface area contributed by atoms with E-state index in [1.54, 1.807) is 0 Å². The van der Waals surface area contributed by atoms with E-state index in [1.165, 1.54) is 28.6 Å². The van der Waals surface area contributed by atoms with E-state index in [2.05, 4.69) is 15.5 Å². The van der Waals surface area contributed by atoms with Crippen LogP contribution in [0.25, 0.3) is 0 Å². The van der Waals surface area contributed by atoms with Gasteiger partial charge < -0.3 is 4.42 Å². The maximum Gasteiger partial charge on any atom is 0.322 e. The van der Waals surface area contributed by atoms with Gasteiger partial charge in [-0.25, -0.2) is 8.42 Å². The Labute approximate surface area is 172 Å². The highest BCUT2D eigenvalue weighted by atomic mass is 32.2. The summed E-state index contributed by atoms with van der Waals surface area (Å²) in [7, 11) is -3.56. The Bertz CT molecular complexity index is 1070. The molecule has 1 aromatic heterocycles. The predicted octanol–water partition coefficient (Wildman–Crippen LogP) is 0.755. The summed E-state index contributed by atoms with van der Waals surface area (Å²) in [6.45, 7) is 0.848. The number of aromatic nitrogens is 2. The zero-order chi connectivity index (χ0) is 21.3. The number of nitrogens with zero attached hydrogens (tertiary/aromatic N) is 4. The maximum atomic E-state index is 12.5. The number of nitrogens with one attached hydrogen (secondary N) is 1. The molecule has 2 saturated heterocycles. The summed E-state index contributed by atoms with van der Waals surface area (Å²) in [6, 6.07) is 5.37. The Balaban J connectivity index is 1.40. The lowest BCUT2D eigenvalue weighted by Crippen LogP contribution is -2.28. The quantitative estimate of drug-likeness (QED) is 0.658. The van der Waals surface area contributed by atoms with E-state index in [0.717, 1.165) is 17.7 Å². The van der Waals surface area contributed by atoms with Crippen LogP contribution < -0.4 is 5.32 Å². The summed E-state index contributed by atoms with van der Waals surface area (Å²) in [4.78, 5) is 36.8. The van der Waals surface area contributed by atoms with Gasteiger partial charge in [-0.15, -0.1) is 5.10 Å². The zero-order valence-corrected chi connectivity index (χ0v) is 16.7. The minimum Gasteiger partial charge on any atom is -0.406 e. The van der Waals surface area contributed by atoms with Crippen LogP contribution in [-0.2, 0) is 26.2 Å². The lowest BCUT2D eigenvalue weighted by Gasteiger charge is -2.15. The average molecular weight is 433 g/mol. The van der Waals surface area contributed by atoms with E-state index in [9.17, 15) is 22.8 Å². The molecular formula is C18H19N5O6S. The first-order valence-corrected chi connectivity index (χ1v) is 10.9. The van der Waals surface area contributed by atoms with Gasteiger partial charge in [0.25, 0.3) is 5.91 Å². The van der Waals surface area contributed by atoms with Gasteiger partial charge in [-0.2, -0.15) is 4.31 Å². The molecule has 0 saturated carbocycles. The molecule has 2 fully saturated rings. The van der Waals surface area contributed by atoms with E-state index >= 15 is 0 Å². The molecule has 2 aromatic rings. The number of carbonyl (C=O) groups excluding carboxylic acids is 3. The monoisotopic (exact) mass is 433 g/mol. The molecule has 0 spiro atoms. The number of hydrogen-bond donors (Lipinski definition) is 1. The highest BCUT2D eigenvalue weighted by Crippen LogP contribution is 2.21. The molecule has 12 heteroatoms. The van der Waals surface area contributed by atoms with Crippen molar-refractivity contribution >= 4 is 33.8 Å². The molecule has 3 amide bonds. The number of hydrogen-bond acceptors (Lipinski definition) is 8. The van der Waals surface area contributed by atoms with E-state index < -0.39 is 15.9 Å².